The van der Waals surface area contributed by atoms with Crippen LogP contribution in [0.1, 0.15) is 17.4 Å². The number of hydrogen-bond acceptors (Lipinski definition) is 4. The Morgan fingerprint density at radius 3 is 2.71 bits per heavy atom. The largest absolute Gasteiger partial charge is 0.477 e. The third-order valence-electron chi connectivity index (χ3n) is 2.63. The summed E-state index contributed by atoms with van der Waals surface area (Å²) in [5.74, 6) is -0.223. The number of aromatic nitrogens is 3. The first-order chi connectivity index (χ1) is 8.06. The van der Waals surface area contributed by atoms with E-state index in [-0.39, 0.29) is 5.69 Å². The van der Waals surface area contributed by atoms with E-state index in [0.717, 1.165) is 11.2 Å². The Kier molecular flexibility index (Phi) is 2.71. The lowest BCUT2D eigenvalue weighted by Gasteiger charge is -2.11. The number of nitrogens with zero attached hydrogens (tertiary/aromatic N) is 4. The maximum atomic E-state index is 11.1. The van der Waals surface area contributed by atoms with Gasteiger partial charge in [-0.3, -0.25) is 0 Å². The predicted molar refractivity (Wildman–Crippen MR) is 64.5 cm³/mol. The highest BCUT2D eigenvalue weighted by molar-refractivity contribution is 5.97. The standard InChI is InChI=1S/C11H14N4O2/c1-4-15-8(11(16)17)5-7-9(14(2)3)12-6-13-10(7)15/h5-6H,4H2,1-3H3,(H,16,17). The molecule has 2 aromatic rings. The van der Waals surface area contributed by atoms with Gasteiger partial charge in [-0.15, -0.1) is 0 Å². The topological polar surface area (TPSA) is 71.2 Å². The summed E-state index contributed by atoms with van der Waals surface area (Å²) in [6, 6.07) is 1.62. The van der Waals surface area contributed by atoms with Gasteiger partial charge in [-0.25, -0.2) is 14.8 Å². The minimum Gasteiger partial charge on any atom is -0.477 e. The van der Waals surface area contributed by atoms with Crippen LogP contribution in [0.2, 0.25) is 0 Å². The minimum atomic E-state index is -0.949. The van der Waals surface area contributed by atoms with Crippen molar-refractivity contribution in [3.05, 3.63) is 18.1 Å². The molecule has 0 saturated heterocycles. The van der Waals surface area contributed by atoms with Crippen molar-refractivity contribution in [2.75, 3.05) is 19.0 Å². The fourth-order valence-corrected chi connectivity index (χ4v) is 1.90. The highest BCUT2D eigenvalue weighted by atomic mass is 16.4. The zero-order chi connectivity index (χ0) is 12.6. The van der Waals surface area contributed by atoms with Gasteiger partial charge in [-0.2, -0.15) is 0 Å². The number of carbonyl (C=O) groups is 1. The van der Waals surface area contributed by atoms with E-state index in [1.54, 1.807) is 10.6 Å². The first kappa shape index (κ1) is 11.4. The van der Waals surface area contributed by atoms with Gasteiger partial charge in [0.25, 0.3) is 0 Å². The van der Waals surface area contributed by atoms with Gasteiger partial charge in [0.15, 0.2) is 0 Å². The molecule has 0 fully saturated rings. The van der Waals surface area contributed by atoms with Crippen LogP contribution in [-0.2, 0) is 6.54 Å². The van der Waals surface area contributed by atoms with Crippen LogP contribution in [0.4, 0.5) is 5.82 Å². The van der Waals surface area contributed by atoms with Crippen molar-refractivity contribution in [1.82, 2.24) is 14.5 Å². The van der Waals surface area contributed by atoms with Crippen LogP contribution in [0, 0.1) is 0 Å². The van der Waals surface area contributed by atoms with Crippen LogP contribution >= 0.6 is 0 Å². The summed E-state index contributed by atoms with van der Waals surface area (Å²) in [6.45, 7) is 2.46. The first-order valence-corrected chi connectivity index (χ1v) is 5.31. The highest BCUT2D eigenvalue weighted by Gasteiger charge is 2.17. The number of carboxylic acid groups (broad SMARTS) is 1. The van der Waals surface area contributed by atoms with Gasteiger partial charge in [0, 0.05) is 20.6 Å². The van der Waals surface area contributed by atoms with Crippen LogP contribution in [-0.4, -0.2) is 39.7 Å². The van der Waals surface area contributed by atoms with Gasteiger partial charge in [0.1, 0.15) is 23.5 Å². The smallest absolute Gasteiger partial charge is 0.352 e. The van der Waals surface area contributed by atoms with Gasteiger partial charge >= 0.3 is 5.97 Å². The quantitative estimate of drug-likeness (QED) is 0.864. The summed E-state index contributed by atoms with van der Waals surface area (Å²) < 4.78 is 1.67. The SMILES string of the molecule is CCn1c(C(=O)O)cc2c(N(C)C)ncnc21. The molecule has 6 heteroatoms. The van der Waals surface area contributed by atoms with E-state index in [0.29, 0.717) is 12.2 Å². The molecule has 0 aliphatic carbocycles. The van der Waals surface area contributed by atoms with Crippen molar-refractivity contribution in [3.8, 4) is 0 Å². The Hall–Kier alpha value is -2.11. The maximum Gasteiger partial charge on any atom is 0.352 e. The minimum absolute atomic E-state index is 0.242. The van der Waals surface area contributed by atoms with Crippen LogP contribution in [0.3, 0.4) is 0 Å². The molecule has 2 heterocycles. The number of carboxylic acids is 1. The zero-order valence-corrected chi connectivity index (χ0v) is 10.0. The molecule has 0 bridgehead atoms. The van der Waals surface area contributed by atoms with Crippen LogP contribution in [0.5, 0.6) is 0 Å². The van der Waals surface area contributed by atoms with Crippen LogP contribution < -0.4 is 4.90 Å². The number of hydrogen-bond donors (Lipinski definition) is 1. The molecule has 90 valence electrons. The second-order valence-corrected chi connectivity index (χ2v) is 3.91. The molecular weight excluding hydrogens is 220 g/mol. The third-order valence-corrected chi connectivity index (χ3v) is 2.63. The number of fused-ring (bicyclic) bond motifs is 1. The molecule has 2 rings (SSSR count). The average molecular weight is 234 g/mol. The van der Waals surface area contributed by atoms with E-state index in [1.807, 2.05) is 25.9 Å². The monoisotopic (exact) mass is 234 g/mol. The van der Waals surface area contributed by atoms with E-state index in [4.69, 9.17) is 5.11 Å². The highest BCUT2D eigenvalue weighted by Crippen LogP contribution is 2.25. The number of aryl methyl sites for hydroxylation is 1. The van der Waals surface area contributed by atoms with E-state index < -0.39 is 5.97 Å². The lowest BCUT2D eigenvalue weighted by molar-refractivity contribution is 0.0686. The molecule has 0 aromatic carbocycles. The van der Waals surface area contributed by atoms with Crippen LogP contribution in [0.15, 0.2) is 12.4 Å². The van der Waals surface area contributed by atoms with E-state index in [1.165, 1.54) is 6.33 Å². The normalized spacial score (nSPS) is 10.8. The Morgan fingerprint density at radius 2 is 2.18 bits per heavy atom. The molecule has 6 nitrogen and oxygen atoms in total. The van der Waals surface area contributed by atoms with Crippen molar-refractivity contribution in [2.24, 2.45) is 0 Å². The molecular formula is C11H14N4O2. The Labute approximate surface area is 98.5 Å². The molecule has 0 aliphatic heterocycles. The summed E-state index contributed by atoms with van der Waals surface area (Å²) in [5, 5.41) is 9.91. The average Bonchev–Trinajstić information content (AvgIpc) is 2.66. The second-order valence-electron chi connectivity index (χ2n) is 3.91. The molecule has 1 N–H and O–H groups in total. The van der Waals surface area contributed by atoms with Gasteiger partial charge < -0.3 is 14.6 Å². The van der Waals surface area contributed by atoms with Crippen molar-refractivity contribution in [1.29, 1.82) is 0 Å². The summed E-state index contributed by atoms with van der Waals surface area (Å²) >= 11 is 0. The molecule has 0 radical (unpaired) electrons. The molecule has 0 spiro atoms. The zero-order valence-electron chi connectivity index (χ0n) is 10.0. The Bertz CT molecular complexity index is 574. The van der Waals surface area contributed by atoms with E-state index >= 15 is 0 Å². The lowest BCUT2D eigenvalue weighted by atomic mass is 10.3. The number of rotatable bonds is 3. The molecule has 17 heavy (non-hydrogen) atoms. The van der Waals surface area contributed by atoms with E-state index in [2.05, 4.69) is 9.97 Å². The van der Waals surface area contributed by atoms with E-state index in [9.17, 15) is 4.79 Å². The van der Waals surface area contributed by atoms with Gasteiger partial charge in [-0.1, -0.05) is 0 Å². The van der Waals surface area contributed by atoms with Crippen molar-refractivity contribution in [2.45, 2.75) is 13.5 Å². The summed E-state index contributed by atoms with van der Waals surface area (Å²) in [6.07, 6.45) is 1.45. The van der Waals surface area contributed by atoms with Crippen molar-refractivity contribution >= 4 is 22.8 Å². The molecule has 2 aromatic heterocycles. The molecule has 0 saturated carbocycles. The number of anilines is 1. The van der Waals surface area contributed by atoms with Gasteiger partial charge in [0.2, 0.25) is 0 Å². The molecule has 0 unspecified atom stereocenters. The molecule has 0 aliphatic rings. The third kappa shape index (κ3) is 1.71. The van der Waals surface area contributed by atoms with Gasteiger partial charge in [0.05, 0.1) is 5.39 Å². The fourth-order valence-electron chi connectivity index (χ4n) is 1.90. The number of aromatic carboxylic acids is 1. The summed E-state index contributed by atoms with van der Waals surface area (Å²) in [7, 11) is 3.73. The maximum absolute atomic E-state index is 11.1. The lowest BCUT2D eigenvalue weighted by Crippen LogP contribution is -2.11. The Balaban J connectivity index is 2.81. The first-order valence-electron chi connectivity index (χ1n) is 5.31. The Morgan fingerprint density at radius 1 is 1.47 bits per heavy atom. The summed E-state index contributed by atoms with van der Waals surface area (Å²) in [4.78, 5) is 21.3. The summed E-state index contributed by atoms with van der Waals surface area (Å²) in [5.41, 5.74) is 0.898. The second kappa shape index (κ2) is 4.04. The predicted octanol–water partition coefficient (Wildman–Crippen LogP) is 1.22. The molecule has 0 atom stereocenters. The molecule has 0 amide bonds. The van der Waals surface area contributed by atoms with Crippen molar-refractivity contribution in [3.63, 3.8) is 0 Å². The van der Waals surface area contributed by atoms with Crippen LogP contribution in [0.25, 0.3) is 11.0 Å². The fraction of sp³-hybridized carbons (Fsp3) is 0.364. The van der Waals surface area contributed by atoms with Gasteiger partial charge in [-0.05, 0) is 13.0 Å². The van der Waals surface area contributed by atoms with Crippen molar-refractivity contribution < 1.29 is 9.90 Å².